The normalized spacial score (nSPS) is 19.5. The first-order chi connectivity index (χ1) is 25.1. The van der Waals surface area contributed by atoms with E-state index in [1.807, 2.05) is 109 Å². The van der Waals surface area contributed by atoms with Crippen LogP contribution in [0.5, 0.6) is 23.0 Å². The predicted molar refractivity (Wildman–Crippen MR) is 193 cm³/mol. The minimum Gasteiger partial charge on any atom is -0.464 e. The van der Waals surface area contributed by atoms with Crippen molar-refractivity contribution in [2.45, 2.75) is 50.3 Å². The van der Waals surface area contributed by atoms with E-state index >= 15 is 0 Å². The average molecular weight is 729 g/mol. The molecular weight excluding hydrogens is 688 g/mol. The van der Waals surface area contributed by atoms with Gasteiger partial charge >= 0.3 is 11.9 Å². The Morgan fingerprint density at radius 2 is 1.08 bits per heavy atom. The molecule has 2 atom stereocenters. The molecule has 4 aromatic rings. The summed E-state index contributed by atoms with van der Waals surface area (Å²) in [4.78, 5) is 50.4. The van der Waals surface area contributed by atoms with Crippen LogP contribution in [-0.2, 0) is 41.7 Å². The molecular formula is C40H41ClN2O9. The lowest BCUT2D eigenvalue weighted by Crippen LogP contribution is -2.47. The predicted octanol–water partition coefficient (Wildman–Crippen LogP) is 6.26. The third-order valence-corrected chi connectivity index (χ3v) is 8.96. The molecule has 0 bridgehead atoms. The summed E-state index contributed by atoms with van der Waals surface area (Å²) in [6, 6.07) is 33.7. The zero-order valence-electron chi connectivity index (χ0n) is 29.0. The smallest absolute Gasteiger partial charge is 0.348 e. The fraction of sp³-hybridized carbons (Fsp3) is 0.300. The van der Waals surface area contributed by atoms with Gasteiger partial charge in [0.15, 0.2) is 0 Å². The van der Waals surface area contributed by atoms with Crippen molar-refractivity contribution in [1.29, 1.82) is 0 Å². The number of amides is 2. The van der Waals surface area contributed by atoms with Gasteiger partial charge in [-0.1, -0.05) is 72.3 Å². The van der Waals surface area contributed by atoms with Gasteiger partial charge in [-0.3, -0.25) is 9.59 Å². The fourth-order valence-electron chi connectivity index (χ4n) is 5.80. The van der Waals surface area contributed by atoms with Gasteiger partial charge in [0, 0.05) is 39.0 Å². The lowest BCUT2D eigenvalue weighted by molar-refractivity contribution is -0.170. The number of carbonyl (C=O) groups is 4. The second kappa shape index (κ2) is 17.2. The van der Waals surface area contributed by atoms with Crippen LogP contribution in [0.1, 0.15) is 37.8 Å². The number of carbonyl (C=O) groups excluding carboxylic acids is 4. The molecule has 2 saturated heterocycles. The van der Waals surface area contributed by atoms with Gasteiger partial charge in [-0.05, 0) is 73.5 Å². The topological polar surface area (TPSA) is 132 Å². The minimum atomic E-state index is -2.08. The molecule has 272 valence electrons. The van der Waals surface area contributed by atoms with Gasteiger partial charge in [-0.2, -0.15) is 0 Å². The Balaban J connectivity index is 0.000000201. The molecule has 2 aliphatic rings. The van der Waals surface area contributed by atoms with E-state index in [4.69, 9.17) is 30.5 Å². The van der Waals surface area contributed by atoms with Crippen LogP contribution in [0.2, 0.25) is 0 Å². The standard InChI is InChI=1S/C20H20ClNO4.C20H21NO5/c1-2-25-19(24)20(21)11-12-22(18(20)23)14-15-7-6-10-17(13-15)26-16-8-4-3-5-9-16;1-2-25-19(23)20(24)11-12-21(18(20)22)14-15-7-6-10-17(13-15)26-16-8-4-3-5-9-16/h3-10,13H,2,11-12,14H2,1H3;3-10,13,24H,2,11-12,14H2,1H3. The molecule has 0 spiro atoms. The van der Waals surface area contributed by atoms with Crippen molar-refractivity contribution in [3.63, 3.8) is 0 Å². The fourth-order valence-corrected chi connectivity index (χ4v) is 6.05. The summed E-state index contributed by atoms with van der Waals surface area (Å²) >= 11 is 6.26. The van der Waals surface area contributed by atoms with E-state index in [2.05, 4.69) is 0 Å². The molecule has 2 aliphatic heterocycles. The van der Waals surface area contributed by atoms with Gasteiger partial charge in [0.1, 0.15) is 23.0 Å². The molecule has 12 heteroatoms. The zero-order chi connectivity index (χ0) is 37.1. The van der Waals surface area contributed by atoms with Gasteiger partial charge in [0.25, 0.3) is 11.8 Å². The van der Waals surface area contributed by atoms with Crippen molar-refractivity contribution < 1.29 is 43.2 Å². The molecule has 11 nitrogen and oxygen atoms in total. The third-order valence-electron chi connectivity index (χ3n) is 8.45. The van der Waals surface area contributed by atoms with Crippen LogP contribution in [0.25, 0.3) is 0 Å². The van der Waals surface area contributed by atoms with E-state index in [0.29, 0.717) is 24.6 Å². The van der Waals surface area contributed by atoms with Gasteiger partial charge in [0.05, 0.1) is 13.2 Å². The molecule has 2 amide bonds. The Kier molecular flexibility index (Phi) is 12.5. The Hall–Kier alpha value is -5.39. The Labute approximate surface area is 307 Å². The summed E-state index contributed by atoms with van der Waals surface area (Å²) in [5, 5.41) is 10.4. The Morgan fingerprint density at radius 3 is 1.58 bits per heavy atom. The Bertz CT molecular complexity index is 1720. The molecule has 6 rings (SSSR count). The number of para-hydroxylation sites is 2. The van der Waals surface area contributed by atoms with E-state index in [1.54, 1.807) is 18.7 Å². The van der Waals surface area contributed by atoms with Crippen LogP contribution in [-0.4, -0.2) is 75.4 Å². The number of aliphatic hydroxyl groups is 1. The number of hydrogen-bond donors (Lipinski definition) is 1. The molecule has 4 aromatic carbocycles. The lowest BCUT2D eigenvalue weighted by atomic mass is 10.0. The second-order valence-electron chi connectivity index (χ2n) is 12.2. The first-order valence-electron chi connectivity index (χ1n) is 17.0. The summed E-state index contributed by atoms with van der Waals surface area (Å²) in [6.07, 6.45) is 0.275. The van der Waals surface area contributed by atoms with E-state index in [0.717, 1.165) is 22.6 Å². The summed E-state index contributed by atoms with van der Waals surface area (Å²) in [7, 11) is 0. The number of hydrogen-bond acceptors (Lipinski definition) is 9. The van der Waals surface area contributed by atoms with Crippen LogP contribution >= 0.6 is 11.6 Å². The maximum absolute atomic E-state index is 12.6. The number of nitrogens with zero attached hydrogens (tertiary/aromatic N) is 2. The van der Waals surface area contributed by atoms with E-state index in [1.165, 1.54) is 4.90 Å². The molecule has 2 unspecified atom stereocenters. The minimum absolute atomic E-state index is 0.0326. The number of likely N-dealkylation sites (tertiary alicyclic amines) is 2. The highest BCUT2D eigenvalue weighted by molar-refractivity contribution is 6.46. The van der Waals surface area contributed by atoms with Crippen LogP contribution in [0.15, 0.2) is 109 Å². The summed E-state index contributed by atoms with van der Waals surface area (Å²) in [5.41, 5.74) is -0.329. The molecule has 0 saturated carbocycles. The maximum atomic E-state index is 12.6. The highest BCUT2D eigenvalue weighted by atomic mass is 35.5. The highest BCUT2D eigenvalue weighted by Crippen LogP contribution is 2.33. The molecule has 0 radical (unpaired) electrons. The quantitative estimate of drug-likeness (QED) is 0.102. The van der Waals surface area contributed by atoms with Gasteiger partial charge < -0.3 is 33.9 Å². The van der Waals surface area contributed by atoms with Crippen LogP contribution < -0.4 is 9.47 Å². The van der Waals surface area contributed by atoms with Gasteiger partial charge in [0.2, 0.25) is 10.5 Å². The number of rotatable bonds is 12. The maximum Gasteiger partial charge on any atom is 0.348 e. The van der Waals surface area contributed by atoms with Crippen molar-refractivity contribution in [1.82, 2.24) is 9.80 Å². The summed E-state index contributed by atoms with van der Waals surface area (Å²) < 4.78 is 21.4. The monoisotopic (exact) mass is 728 g/mol. The van der Waals surface area contributed by atoms with Crippen LogP contribution in [0.3, 0.4) is 0 Å². The highest BCUT2D eigenvalue weighted by Gasteiger charge is 2.53. The number of esters is 2. The number of alkyl halides is 1. The van der Waals surface area contributed by atoms with Crippen molar-refractivity contribution in [2.75, 3.05) is 26.3 Å². The van der Waals surface area contributed by atoms with Crippen molar-refractivity contribution in [2.24, 2.45) is 0 Å². The molecule has 0 aliphatic carbocycles. The molecule has 1 N–H and O–H groups in total. The Morgan fingerprint density at radius 1 is 0.635 bits per heavy atom. The van der Waals surface area contributed by atoms with E-state index < -0.39 is 34.2 Å². The van der Waals surface area contributed by atoms with Crippen LogP contribution in [0.4, 0.5) is 0 Å². The van der Waals surface area contributed by atoms with Crippen LogP contribution in [0, 0.1) is 0 Å². The van der Waals surface area contributed by atoms with E-state index in [-0.39, 0.29) is 39.1 Å². The summed E-state index contributed by atoms with van der Waals surface area (Å²) in [5.74, 6) is 0.216. The molecule has 2 heterocycles. The van der Waals surface area contributed by atoms with Crippen molar-refractivity contribution in [3.8, 4) is 23.0 Å². The largest absolute Gasteiger partial charge is 0.464 e. The lowest BCUT2D eigenvalue weighted by Gasteiger charge is -2.21. The zero-order valence-corrected chi connectivity index (χ0v) is 29.8. The SMILES string of the molecule is CCOC(=O)C1(Cl)CCN(Cc2cccc(Oc3ccccc3)c2)C1=O.CCOC(=O)C1(O)CCN(Cc2cccc(Oc3ccccc3)c2)C1=O. The van der Waals surface area contributed by atoms with Crippen molar-refractivity contribution in [3.05, 3.63) is 120 Å². The number of benzene rings is 4. The first kappa shape index (κ1) is 37.9. The third kappa shape index (κ3) is 9.09. The van der Waals surface area contributed by atoms with Gasteiger partial charge in [-0.15, -0.1) is 0 Å². The average Bonchev–Trinajstić information content (AvgIpc) is 3.60. The van der Waals surface area contributed by atoms with Crippen molar-refractivity contribution >= 4 is 35.4 Å². The number of ether oxygens (including phenoxy) is 4. The molecule has 52 heavy (non-hydrogen) atoms. The van der Waals surface area contributed by atoms with Gasteiger partial charge in [-0.25, -0.2) is 9.59 Å². The molecule has 2 fully saturated rings. The summed E-state index contributed by atoms with van der Waals surface area (Å²) in [6.45, 7) is 4.98. The number of halogens is 1. The molecule has 0 aromatic heterocycles. The second-order valence-corrected chi connectivity index (χ2v) is 12.8. The first-order valence-corrected chi connectivity index (χ1v) is 17.4. The van der Waals surface area contributed by atoms with E-state index in [9.17, 15) is 24.3 Å².